The molecule has 1 unspecified atom stereocenters. The van der Waals surface area contributed by atoms with Crippen molar-refractivity contribution in [1.29, 1.82) is 0 Å². The van der Waals surface area contributed by atoms with Gasteiger partial charge >= 0.3 is 0 Å². The van der Waals surface area contributed by atoms with Crippen molar-refractivity contribution in [2.75, 3.05) is 6.54 Å². The van der Waals surface area contributed by atoms with Crippen molar-refractivity contribution in [2.45, 2.75) is 25.3 Å². The number of hydrogen-bond donors (Lipinski definition) is 1. The molecule has 1 fully saturated rings. The molecule has 83 valence electrons. The number of rotatable bonds is 1. The fourth-order valence-electron chi connectivity index (χ4n) is 2.19. The predicted octanol–water partition coefficient (Wildman–Crippen LogP) is 2.53. The minimum Gasteiger partial charge on any atom is -0.341 e. The Hall–Kier alpha value is -1.42. The summed E-state index contributed by atoms with van der Waals surface area (Å²) in [6, 6.07) is 5.10. The Labute approximate surface area is 93.1 Å². The van der Waals surface area contributed by atoms with Gasteiger partial charge in [-0.1, -0.05) is 12.5 Å². The van der Waals surface area contributed by atoms with Crippen molar-refractivity contribution < 1.29 is 4.39 Å². The Bertz CT molecular complexity index is 500. The number of hydrogen-bond acceptors (Lipinski definition) is 1. The van der Waals surface area contributed by atoms with Gasteiger partial charge < -0.3 is 4.98 Å². The third-order valence-corrected chi connectivity index (χ3v) is 3.03. The number of aromatic amines is 1. The molecule has 1 N–H and O–H groups in total. The highest BCUT2D eigenvalue weighted by Gasteiger charge is 2.19. The number of nitrogens with zero attached hydrogens (tertiary/aromatic N) is 2. The quantitative estimate of drug-likeness (QED) is 0.785. The molecule has 4 heteroatoms. The molecule has 1 radical (unpaired) electrons. The number of halogens is 1. The van der Waals surface area contributed by atoms with Crippen molar-refractivity contribution >= 4 is 11.0 Å². The van der Waals surface area contributed by atoms with Crippen LogP contribution >= 0.6 is 0 Å². The summed E-state index contributed by atoms with van der Waals surface area (Å²) < 4.78 is 13.5. The number of para-hydroxylation sites is 1. The first-order valence-corrected chi connectivity index (χ1v) is 5.65. The molecule has 3 rings (SSSR count). The van der Waals surface area contributed by atoms with E-state index < -0.39 is 0 Å². The fraction of sp³-hybridized carbons (Fsp3) is 0.417. The highest BCUT2D eigenvalue weighted by molar-refractivity contribution is 5.75. The largest absolute Gasteiger partial charge is 0.341 e. The maximum atomic E-state index is 13.5. The number of imidazole rings is 1. The Morgan fingerprint density at radius 1 is 1.31 bits per heavy atom. The molecule has 1 aliphatic rings. The van der Waals surface area contributed by atoms with Crippen LogP contribution in [0.2, 0.25) is 0 Å². The highest BCUT2D eigenvalue weighted by atomic mass is 19.1. The van der Waals surface area contributed by atoms with E-state index >= 15 is 0 Å². The predicted molar refractivity (Wildman–Crippen MR) is 59.6 cm³/mol. The van der Waals surface area contributed by atoms with Gasteiger partial charge in [0.2, 0.25) is 0 Å². The van der Waals surface area contributed by atoms with Crippen LogP contribution in [0.1, 0.15) is 31.1 Å². The fourth-order valence-corrected chi connectivity index (χ4v) is 2.19. The van der Waals surface area contributed by atoms with Crippen LogP contribution < -0.4 is 5.32 Å². The third-order valence-electron chi connectivity index (χ3n) is 3.03. The standard InChI is InChI=1S/C12H13FN3/c13-8-4-3-6-9-11(8)16-12(15-9)10-5-1-2-7-14-10/h3-4,6,10H,1-2,5,7H2,(H,15,16). The summed E-state index contributed by atoms with van der Waals surface area (Å²) >= 11 is 0. The summed E-state index contributed by atoms with van der Waals surface area (Å²) in [7, 11) is 0. The molecule has 1 aliphatic heterocycles. The Morgan fingerprint density at radius 2 is 2.25 bits per heavy atom. The zero-order valence-corrected chi connectivity index (χ0v) is 8.91. The Morgan fingerprint density at radius 3 is 3.00 bits per heavy atom. The molecule has 0 amide bonds. The lowest BCUT2D eigenvalue weighted by molar-refractivity contribution is 0.391. The molecule has 3 nitrogen and oxygen atoms in total. The normalized spacial score (nSPS) is 21.4. The molecule has 2 aromatic rings. The molecule has 0 aliphatic carbocycles. The SMILES string of the molecule is Fc1cccc2[nH]c(C3CCCC[N]3)nc12. The lowest BCUT2D eigenvalue weighted by Gasteiger charge is -2.19. The summed E-state index contributed by atoms with van der Waals surface area (Å²) in [4.78, 5) is 7.47. The second kappa shape index (κ2) is 3.87. The molecule has 0 spiro atoms. The van der Waals surface area contributed by atoms with Crippen LogP contribution in [0.15, 0.2) is 18.2 Å². The van der Waals surface area contributed by atoms with E-state index in [2.05, 4.69) is 15.3 Å². The van der Waals surface area contributed by atoms with Gasteiger partial charge in [-0.25, -0.2) is 14.7 Å². The number of aromatic nitrogens is 2. The highest BCUT2D eigenvalue weighted by Crippen LogP contribution is 2.25. The average Bonchev–Trinajstić information content (AvgIpc) is 2.76. The molecular weight excluding hydrogens is 205 g/mol. The van der Waals surface area contributed by atoms with Crippen LogP contribution in [-0.4, -0.2) is 16.5 Å². The van der Waals surface area contributed by atoms with Gasteiger partial charge in [0.1, 0.15) is 11.3 Å². The van der Waals surface area contributed by atoms with Crippen LogP contribution in [0, 0.1) is 5.82 Å². The van der Waals surface area contributed by atoms with E-state index in [1.807, 2.05) is 6.07 Å². The van der Waals surface area contributed by atoms with E-state index in [1.165, 1.54) is 12.5 Å². The van der Waals surface area contributed by atoms with Gasteiger partial charge in [0, 0.05) is 6.54 Å². The summed E-state index contributed by atoms with van der Waals surface area (Å²) in [5.74, 6) is 0.538. The van der Waals surface area contributed by atoms with E-state index in [0.29, 0.717) is 5.52 Å². The minimum absolute atomic E-state index is 0.126. The van der Waals surface area contributed by atoms with Crippen molar-refractivity contribution in [1.82, 2.24) is 15.3 Å². The summed E-state index contributed by atoms with van der Waals surface area (Å²) in [5, 5.41) is 4.51. The van der Waals surface area contributed by atoms with Crippen LogP contribution in [0.25, 0.3) is 11.0 Å². The Balaban J connectivity index is 2.01. The summed E-state index contributed by atoms with van der Waals surface area (Å²) in [5.41, 5.74) is 1.19. The summed E-state index contributed by atoms with van der Waals surface area (Å²) in [6.07, 6.45) is 3.35. The third kappa shape index (κ3) is 1.59. The van der Waals surface area contributed by atoms with E-state index in [9.17, 15) is 4.39 Å². The lowest BCUT2D eigenvalue weighted by Crippen LogP contribution is -2.21. The number of H-pyrrole nitrogens is 1. The smallest absolute Gasteiger partial charge is 0.151 e. The number of fused-ring (bicyclic) bond motifs is 1. The monoisotopic (exact) mass is 218 g/mol. The van der Waals surface area contributed by atoms with E-state index in [0.717, 1.165) is 30.7 Å². The maximum absolute atomic E-state index is 13.5. The van der Waals surface area contributed by atoms with E-state index in [4.69, 9.17) is 0 Å². The zero-order valence-electron chi connectivity index (χ0n) is 8.91. The molecular formula is C12H13FN3. The van der Waals surface area contributed by atoms with Gasteiger partial charge in [0.25, 0.3) is 0 Å². The topological polar surface area (TPSA) is 42.8 Å². The first-order valence-electron chi connectivity index (χ1n) is 5.65. The first kappa shape index (κ1) is 9.78. The zero-order chi connectivity index (χ0) is 11.0. The minimum atomic E-state index is -0.268. The lowest BCUT2D eigenvalue weighted by atomic mass is 10.0. The van der Waals surface area contributed by atoms with Crippen molar-refractivity contribution in [2.24, 2.45) is 0 Å². The number of nitrogens with one attached hydrogen (secondary N) is 1. The van der Waals surface area contributed by atoms with Gasteiger partial charge in [-0.15, -0.1) is 0 Å². The van der Waals surface area contributed by atoms with Crippen molar-refractivity contribution in [3.63, 3.8) is 0 Å². The van der Waals surface area contributed by atoms with Crippen LogP contribution in [-0.2, 0) is 0 Å². The van der Waals surface area contributed by atoms with Gasteiger partial charge in [0.05, 0.1) is 11.6 Å². The van der Waals surface area contributed by atoms with Gasteiger partial charge in [-0.3, -0.25) is 0 Å². The van der Waals surface area contributed by atoms with Gasteiger partial charge in [-0.05, 0) is 25.0 Å². The molecule has 1 aromatic heterocycles. The maximum Gasteiger partial charge on any atom is 0.151 e. The van der Waals surface area contributed by atoms with Crippen LogP contribution in [0.4, 0.5) is 4.39 Å². The van der Waals surface area contributed by atoms with E-state index in [-0.39, 0.29) is 11.9 Å². The Kier molecular flexibility index (Phi) is 2.36. The molecule has 1 atom stereocenters. The van der Waals surface area contributed by atoms with Crippen molar-refractivity contribution in [3.8, 4) is 0 Å². The first-order chi connectivity index (χ1) is 7.84. The second-order valence-corrected chi connectivity index (χ2v) is 4.18. The number of benzene rings is 1. The van der Waals surface area contributed by atoms with Crippen LogP contribution in [0.5, 0.6) is 0 Å². The van der Waals surface area contributed by atoms with Gasteiger partial charge in [-0.2, -0.15) is 0 Å². The summed E-state index contributed by atoms with van der Waals surface area (Å²) in [6.45, 7) is 0.893. The van der Waals surface area contributed by atoms with Gasteiger partial charge in [0.15, 0.2) is 5.82 Å². The molecule has 0 bridgehead atoms. The molecule has 1 saturated heterocycles. The van der Waals surface area contributed by atoms with Crippen LogP contribution in [0.3, 0.4) is 0 Å². The second-order valence-electron chi connectivity index (χ2n) is 4.18. The molecule has 16 heavy (non-hydrogen) atoms. The molecule has 2 heterocycles. The van der Waals surface area contributed by atoms with Crippen molar-refractivity contribution in [3.05, 3.63) is 29.8 Å². The average molecular weight is 218 g/mol. The molecule has 0 saturated carbocycles. The molecule has 1 aromatic carbocycles. The number of piperidine rings is 1. The van der Waals surface area contributed by atoms with E-state index in [1.54, 1.807) is 6.07 Å².